The molecule has 2 bridgehead atoms. The van der Waals surface area contributed by atoms with Crippen LogP contribution in [0, 0.1) is 17.8 Å². The molecule has 4 atom stereocenters. The summed E-state index contributed by atoms with van der Waals surface area (Å²) in [6.07, 6.45) is 4.33. The van der Waals surface area contributed by atoms with Crippen molar-refractivity contribution < 1.29 is 4.79 Å². The number of halogens is 1. The second-order valence-electron chi connectivity index (χ2n) is 6.55. The Balaban J connectivity index is 0.00000156. The maximum Gasteiger partial charge on any atom is 0.224 e. The summed E-state index contributed by atoms with van der Waals surface area (Å²) in [6.45, 7) is 0.652. The number of carbonyl (C=O) groups is 1. The van der Waals surface area contributed by atoms with E-state index in [1.807, 2.05) is 18.2 Å². The van der Waals surface area contributed by atoms with E-state index in [1.165, 1.54) is 17.5 Å². The molecule has 124 valence electrons. The molecule has 0 radical (unpaired) electrons. The molecule has 4 unspecified atom stereocenters. The molecule has 2 fully saturated rings. The van der Waals surface area contributed by atoms with Crippen molar-refractivity contribution in [2.45, 2.75) is 31.7 Å². The Labute approximate surface area is 146 Å². The quantitative estimate of drug-likeness (QED) is 0.890. The standard InChI is InChI=1S/C17H21N3OS.ClH/c18-16-11-6-5-10(9-11)15(16)17(21)19-8-7-14-20-12-3-1-2-4-13(12)22-14;/h1-4,10-11,15-16H,5-9,18H2,(H,19,21);1H. The van der Waals surface area contributed by atoms with Gasteiger partial charge in [0.1, 0.15) is 0 Å². The van der Waals surface area contributed by atoms with Gasteiger partial charge in [0.15, 0.2) is 0 Å². The van der Waals surface area contributed by atoms with Crippen LogP contribution >= 0.6 is 23.7 Å². The van der Waals surface area contributed by atoms with Gasteiger partial charge in [-0.3, -0.25) is 4.79 Å². The number of nitrogens with two attached hydrogens (primary N) is 1. The molecule has 1 amide bonds. The van der Waals surface area contributed by atoms with Crippen LogP contribution in [0.3, 0.4) is 0 Å². The molecule has 4 rings (SSSR count). The molecule has 2 saturated carbocycles. The molecule has 3 N–H and O–H groups in total. The van der Waals surface area contributed by atoms with Crippen molar-refractivity contribution in [1.82, 2.24) is 10.3 Å². The molecule has 1 aromatic heterocycles. The second kappa shape index (κ2) is 6.75. The van der Waals surface area contributed by atoms with Gasteiger partial charge in [-0.25, -0.2) is 4.98 Å². The van der Waals surface area contributed by atoms with Gasteiger partial charge in [-0.2, -0.15) is 0 Å². The fraction of sp³-hybridized carbons (Fsp3) is 0.529. The lowest BCUT2D eigenvalue weighted by atomic mass is 9.84. The lowest BCUT2D eigenvalue weighted by Crippen LogP contribution is -2.45. The molecular formula is C17H22ClN3OS. The number of amides is 1. The van der Waals surface area contributed by atoms with E-state index in [9.17, 15) is 4.79 Å². The zero-order valence-electron chi connectivity index (χ0n) is 12.9. The molecule has 0 saturated heterocycles. The number of carbonyl (C=O) groups excluding carboxylic acids is 1. The minimum atomic E-state index is 0. The normalized spacial score (nSPS) is 28.7. The highest BCUT2D eigenvalue weighted by Gasteiger charge is 2.48. The van der Waals surface area contributed by atoms with Gasteiger partial charge in [-0.05, 0) is 43.2 Å². The van der Waals surface area contributed by atoms with Crippen molar-refractivity contribution >= 4 is 39.9 Å². The molecule has 2 aliphatic rings. The Morgan fingerprint density at radius 1 is 1.30 bits per heavy atom. The van der Waals surface area contributed by atoms with Gasteiger partial charge >= 0.3 is 0 Å². The molecule has 4 nitrogen and oxygen atoms in total. The summed E-state index contributed by atoms with van der Waals surface area (Å²) in [5.74, 6) is 1.28. The van der Waals surface area contributed by atoms with Crippen LogP contribution in [0.1, 0.15) is 24.3 Å². The van der Waals surface area contributed by atoms with E-state index in [0.29, 0.717) is 18.4 Å². The van der Waals surface area contributed by atoms with Crippen molar-refractivity contribution in [2.24, 2.45) is 23.5 Å². The molecular weight excluding hydrogens is 330 g/mol. The Bertz CT molecular complexity index is 669. The van der Waals surface area contributed by atoms with Crippen molar-refractivity contribution in [3.63, 3.8) is 0 Å². The number of para-hydroxylation sites is 1. The van der Waals surface area contributed by atoms with Crippen LogP contribution in [0.2, 0.25) is 0 Å². The summed E-state index contributed by atoms with van der Waals surface area (Å²) in [5, 5.41) is 4.16. The van der Waals surface area contributed by atoms with E-state index >= 15 is 0 Å². The average molecular weight is 352 g/mol. The number of thiazole rings is 1. The highest BCUT2D eigenvalue weighted by molar-refractivity contribution is 7.18. The van der Waals surface area contributed by atoms with Crippen LogP contribution in [0.15, 0.2) is 24.3 Å². The largest absolute Gasteiger partial charge is 0.355 e. The minimum Gasteiger partial charge on any atom is -0.355 e. The maximum absolute atomic E-state index is 12.4. The number of nitrogens with one attached hydrogen (secondary N) is 1. The van der Waals surface area contributed by atoms with Gasteiger partial charge < -0.3 is 11.1 Å². The number of rotatable bonds is 4. The van der Waals surface area contributed by atoms with Gasteiger partial charge in [0.05, 0.1) is 21.1 Å². The van der Waals surface area contributed by atoms with E-state index in [4.69, 9.17) is 5.73 Å². The summed E-state index contributed by atoms with van der Waals surface area (Å²) < 4.78 is 1.21. The first-order valence-corrected chi connectivity index (χ1v) is 8.92. The zero-order valence-corrected chi connectivity index (χ0v) is 14.5. The number of hydrogen-bond donors (Lipinski definition) is 2. The van der Waals surface area contributed by atoms with Crippen LogP contribution in [-0.4, -0.2) is 23.5 Å². The fourth-order valence-corrected chi connectivity index (χ4v) is 5.13. The van der Waals surface area contributed by atoms with Gasteiger partial charge in [0, 0.05) is 19.0 Å². The first-order valence-electron chi connectivity index (χ1n) is 8.10. The summed E-state index contributed by atoms with van der Waals surface area (Å²) in [4.78, 5) is 17.0. The fourth-order valence-electron chi connectivity index (χ4n) is 4.16. The lowest BCUT2D eigenvalue weighted by Gasteiger charge is -2.26. The molecule has 2 aromatic rings. The third-order valence-electron chi connectivity index (χ3n) is 5.26. The SMILES string of the molecule is Cl.NC1C2CCC(C2)C1C(=O)NCCc1nc2ccccc2s1. The topological polar surface area (TPSA) is 68.0 Å². The first-order chi connectivity index (χ1) is 10.7. The zero-order chi connectivity index (χ0) is 15.1. The molecule has 0 aliphatic heterocycles. The molecule has 0 spiro atoms. The number of benzene rings is 1. The number of aromatic nitrogens is 1. The van der Waals surface area contributed by atoms with Crippen molar-refractivity contribution in [2.75, 3.05) is 6.54 Å². The lowest BCUT2D eigenvalue weighted by molar-refractivity contribution is -0.127. The number of nitrogens with zero attached hydrogens (tertiary/aromatic N) is 1. The Morgan fingerprint density at radius 3 is 2.83 bits per heavy atom. The van der Waals surface area contributed by atoms with E-state index in [-0.39, 0.29) is 30.3 Å². The van der Waals surface area contributed by atoms with E-state index in [0.717, 1.165) is 23.4 Å². The summed E-state index contributed by atoms with van der Waals surface area (Å²) in [7, 11) is 0. The monoisotopic (exact) mass is 351 g/mol. The average Bonchev–Trinajstić information content (AvgIpc) is 3.19. The van der Waals surface area contributed by atoms with Gasteiger partial charge in [-0.15, -0.1) is 23.7 Å². The first kappa shape index (κ1) is 16.7. The predicted molar refractivity (Wildman–Crippen MR) is 95.9 cm³/mol. The Morgan fingerprint density at radius 2 is 2.09 bits per heavy atom. The van der Waals surface area contributed by atoms with Crippen LogP contribution in [0.4, 0.5) is 0 Å². The molecule has 1 heterocycles. The Hall–Kier alpha value is -1.17. The van der Waals surface area contributed by atoms with Crippen LogP contribution in [0.25, 0.3) is 10.2 Å². The third-order valence-corrected chi connectivity index (χ3v) is 6.36. The Kier molecular flexibility index (Phi) is 4.90. The number of hydrogen-bond acceptors (Lipinski definition) is 4. The second-order valence-corrected chi connectivity index (χ2v) is 7.67. The van der Waals surface area contributed by atoms with Crippen molar-refractivity contribution in [3.05, 3.63) is 29.3 Å². The van der Waals surface area contributed by atoms with Gasteiger partial charge in [0.25, 0.3) is 0 Å². The molecule has 6 heteroatoms. The smallest absolute Gasteiger partial charge is 0.224 e. The highest BCUT2D eigenvalue weighted by atomic mass is 35.5. The van der Waals surface area contributed by atoms with E-state index < -0.39 is 0 Å². The predicted octanol–water partition coefficient (Wildman–Crippen LogP) is 2.75. The minimum absolute atomic E-state index is 0. The summed E-state index contributed by atoms with van der Waals surface area (Å²) >= 11 is 1.71. The van der Waals surface area contributed by atoms with Crippen LogP contribution in [0.5, 0.6) is 0 Å². The van der Waals surface area contributed by atoms with Gasteiger partial charge in [0.2, 0.25) is 5.91 Å². The molecule has 2 aliphatic carbocycles. The number of fused-ring (bicyclic) bond motifs is 3. The summed E-state index contributed by atoms with van der Waals surface area (Å²) in [5.41, 5.74) is 7.27. The highest BCUT2D eigenvalue weighted by Crippen LogP contribution is 2.47. The van der Waals surface area contributed by atoms with E-state index in [2.05, 4.69) is 16.4 Å². The van der Waals surface area contributed by atoms with Crippen LogP contribution < -0.4 is 11.1 Å². The molecule has 1 aromatic carbocycles. The summed E-state index contributed by atoms with van der Waals surface area (Å²) in [6, 6.07) is 8.22. The maximum atomic E-state index is 12.4. The van der Waals surface area contributed by atoms with E-state index in [1.54, 1.807) is 11.3 Å². The van der Waals surface area contributed by atoms with Crippen LogP contribution in [-0.2, 0) is 11.2 Å². The van der Waals surface area contributed by atoms with Crippen molar-refractivity contribution in [3.8, 4) is 0 Å². The molecule has 23 heavy (non-hydrogen) atoms. The third kappa shape index (κ3) is 3.10. The van der Waals surface area contributed by atoms with Gasteiger partial charge in [-0.1, -0.05) is 12.1 Å². The van der Waals surface area contributed by atoms with Crippen molar-refractivity contribution in [1.29, 1.82) is 0 Å².